The fraction of sp³-hybridized carbons (Fsp3) is 0.364. The summed E-state index contributed by atoms with van der Waals surface area (Å²) in [5.74, 6) is 0.159. The number of aliphatic hydroxyl groups excluding tert-OH is 1. The minimum Gasteiger partial charge on any atom is -0.394 e. The van der Waals surface area contributed by atoms with Crippen molar-refractivity contribution in [3.63, 3.8) is 0 Å². The summed E-state index contributed by atoms with van der Waals surface area (Å²) in [6.07, 6.45) is 0.715. The van der Waals surface area contributed by atoms with Crippen molar-refractivity contribution in [2.24, 2.45) is 11.7 Å². The van der Waals surface area contributed by atoms with Crippen molar-refractivity contribution in [1.82, 2.24) is 10.2 Å². The van der Waals surface area contributed by atoms with E-state index in [0.717, 1.165) is 16.7 Å². The van der Waals surface area contributed by atoms with E-state index in [-0.39, 0.29) is 24.6 Å². The minimum absolute atomic E-state index is 0.0889. The van der Waals surface area contributed by atoms with Gasteiger partial charge in [-0.2, -0.15) is 0 Å². The van der Waals surface area contributed by atoms with E-state index in [2.05, 4.69) is 5.32 Å². The molecule has 2 aromatic rings. The van der Waals surface area contributed by atoms with E-state index in [1.807, 2.05) is 50.2 Å². The lowest BCUT2D eigenvalue weighted by atomic mass is 9.97. The molecule has 0 aromatic heterocycles. The molecule has 1 aliphatic rings. The number of benzene rings is 2. The average molecular weight is 381 g/mol. The Morgan fingerprint density at radius 2 is 1.86 bits per heavy atom. The van der Waals surface area contributed by atoms with Crippen molar-refractivity contribution in [3.8, 4) is 0 Å². The number of nitrogens with zero attached hydrogens (tertiary/aromatic N) is 1. The molecule has 0 fully saturated rings. The molecule has 4 N–H and O–H groups in total. The van der Waals surface area contributed by atoms with Gasteiger partial charge in [0, 0.05) is 12.1 Å². The van der Waals surface area contributed by atoms with Crippen LogP contribution >= 0.6 is 0 Å². The van der Waals surface area contributed by atoms with Crippen LogP contribution < -0.4 is 11.1 Å². The van der Waals surface area contributed by atoms with E-state index in [4.69, 9.17) is 5.73 Å². The van der Waals surface area contributed by atoms with Crippen molar-refractivity contribution in [1.29, 1.82) is 0 Å². The Hall–Kier alpha value is -2.86. The van der Waals surface area contributed by atoms with Gasteiger partial charge in [-0.25, -0.2) is 4.79 Å². The summed E-state index contributed by atoms with van der Waals surface area (Å²) < 4.78 is 0. The van der Waals surface area contributed by atoms with Gasteiger partial charge in [0.1, 0.15) is 0 Å². The fourth-order valence-electron chi connectivity index (χ4n) is 3.79. The molecule has 1 aliphatic heterocycles. The number of hydrogen-bond acceptors (Lipinski definition) is 3. The van der Waals surface area contributed by atoms with Crippen LogP contribution in [0, 0.1) is 5.92 Å². The van der Waals surface area contributed by atoms with E-state index in [1.54, 1.807) is 17.0 Å². The molecular weight excluding hydrogens is 354 g/mol. The monoisotopic (exact) mass is 381 g/mol. The maximum Gasteiger partial charge on any atom is 0.315 e. The highest BCUT2D eigenvalue weighted by Crippen LogP contribution is 2.38. The second-order valence-corrected chi connectivity index (χ2v) is 7.67. The van der Waals surface area contributed by atoms with Crippen LogP contribution in [0.4, 0.5) is 4.79 Å². The van der Waals surface area contributed by atoms with Gasteiger partial charge in [-0.15, -0.1) is 0 Å². The van der Waals surface area contributed by atoms with Gasteiger partial charge in [-0.05, 0) is 41.2 Å². The number of carbonyl (C=O) groups excluding carboxylic acids is 2. The van der Waals surface area contributed by atoms with Crippen molar-refractivity contribution in [2.75, 3.05) is 6.61 Å². The molecule has 2 atom stereocenters. The topological polar surface area (TPSA) is 95.7 Å². The van der Waals surface area contributed by atoms with E-state index < -0.39 is 6.03 Å². The highest BCUT2D eigenvalue weighted by molar-refractivity contribution is 5.94. The summed E-state index contributed by atoms with van der Waals surface area (Å²) in [4.78, 5) is 26.1. The zero-order chi connectivity index (χ0) is 20.3. The van der Waals surface area contributed by atoms with Gasteiger partial charge in [0.2, 0.25) is 0 Å². The second-order valence-electron chi connectivity index (χ2n) is 7.67. The quantitative estimate of drug-likeness (QED) is 0.718. The summed E-state index contributed by atoms with van der Waals surface area (Å²) in [6, 6.07) is 14.1. The van der Waals surface area contributed by atoms with Gasteiger partial charge >= 0.3 is 6.03 Å². The largest absolute Gasteiger partial charge is 0.394 e. The van der Waals surface area contributed by atoms with Crippen LogP contribution in [-0.2, 0) is 6.54 Å². The van der Waals surface area contributed by atoms with Crippen LogP contribution in [0.2, 0.25) is 0 Å². The smallest absolute Gasteiger partial charge is 0.315 e. The number of amides is 3. The molecule has 0 saturated carbocycles. The average Bonchev–Trinajstić information content (AvgIpc) is 3.07. The van der Waals surface area contributed by atoms with Crippen molar-refractivity contribution >= 4 is 11.9 Å². The number of carbonyl (C=O) groups is 2. The van der Waals surface area contributed by atoms with E-state index in [9.17, 15) is 14.7 Å². The molecule has 1 heterocycles. The third-order valence-corrected chi connectivity index (χ3v) is 5.09. The molecule has 0 radical (unpaired) electrons. The molecular formula is C22H27N3O3. The van der Waals surface area contributed by atoms with Gasteiger partial charge in [0.15, 0.2) is 0 Å². The molecule has 6 nitrogen and oxygen atoms in total. The predicted octanol–water partition coefficient (Wildman–Crippen LogP) is 2.81. The predicted molar refractivity (Wildman–Crippen MR) is 108 cm³/mol. The highest BCUT2D eigenvalue weighted by atomic mass is 16.3. The van der Waals surface area contributed by atoms with Gasteiger partial charge in [-0.3, -0.25) is 4.79 Å². The number of primary amides is 1. The molecule has 0 bridgehead atoms. The fourth-order valence-corrected chi connectivity index (χ4v) is 3.79. The number of urea groups is 1. The van der Waals surface area contributed by atoms with Crippen LogP contribution in [0.1, 0.15) is 53.4 Å². The summed E-state index contributed by atoms with van der Waals surface area (Å²) in [5, 5.41) is 12.3. The first kappa shape index (κ1) is 19.9. The third-order valence-electron chi connectivity index (χ3n) is 5.09. The Bertz CT molecular complexity index is 848. The Labute approximate surface area is 165 Å². The Morgan fingerprint density at radius 1 is 1.18 bits per heavy atom. The highest BCUT2D eigenvalue weighted by Gasteiger charge is 2.33. The zero-order valence-electron chi connectivity index (χ0n) is 16.3. The molecule has 0 spiro atoms. The van der Waals surface area contributed by atoms with Gasteiger partial charge in [0.05, 0.1) is 18.7 Å². The lowest BCUT2D eigenvalue weighted by Crippen LogP contribution is -2.38. The lowest BCUT2D eigenvalue weighted by Gasteiger charge is -2.24. The van der Waals surface area contributed by atoms with Crippen LogP contribution in [0.3, 0.4) is 0 Å². The first-order valence-electron chi connectivity index (χ1n) is 9.56. The normalized spacial score (nSPS) is 16.7. The van der Waals surface area contributed by atoms with Crippen LogP contribution in [0.25, 0.3) is 0 Å². The zero-order valence-corrected chi connectivity index (χ0v) is 16.3. The Morgan fingerprint density at radius 3 is 2.46 bits per heavy atom. The molecule has 3 rings (SSSR count). The number of nitrogens with two attached hydrogens (primary N) is 1. The molecule has 0 aliphatic carbocycles. The first-order valence-corrected chi connectivity index (χ1v) is 9.56. The van der Waals surface area contributed by atoms with E-state index in [0.29, 0.717) is 24.4 Å². The van der Waals surface area contributed by atoms with Crippen LogP contribution in [-0.4, -0.2) is 34.6 Å². The minimum atomic E-state index is -0.470. The number of hydrogen-bond donors (Lipinski definition) is 3. The molecule has 6 heteroatoms. The van der Waals surface area contributed by atoms with Crippen molar-refractivity contribution < 1.29 is 14.7 Å². The number of rotatable bonds is 6. The molecule has 148 valence electrons. The van der Waals surface area contributed by atoms with Crippen molar-refractivity contribution in [2.45, 2.75) is 38.9 Å². The number of aliphatic hydroxyl groups is 1. The Kier molecular flexibility index (Phi) is 5.99. The summed E-state index contributed by atoms with van der Waals surface area (Å²) in [7, 11) is 0. The molecule has 0 saturated heterocycles. The van der Waals surface area contributed by atoms with Crippen LogP contribution in [0.15, 0.2) is 48.5 Å². The number of nitrogens with one attached hydrogen (secondary N) is 1. The molecule has 28 heavy (non-hydrogen) atoms. The Balaban J connectivity index is 1.80. The number of fused-ring (bicyclic) bond motifs is 1. The summed E-state index contributed by atoms with van der Waals surface area (Å²) >= 11 is 0. The van der Waals surface area contributed by atoms with Gasteiger partial charge in [0.25, 0.3) is 5.91 Å². The molecule has 3 amide bonds. The SMILES string of the molecule is CC(C)C[C@@H](CO)NC(=O)c1ccc(C2c3ccccc3CN2C(N)=O)cc1. The molecule has 1 unspecified atom stereocenters. The van der Waals surface area contributed by atoms with E-state index in [1.165, 1.54) is 0 Å². The first-order chi connectivity index (χ1) is 13.4. The molecule has 2 aromatic carbocycles. The second kappa shape index (κ2) is 8.44. The van der Waals surface area contributed by atoms with Gasteiger partial charge < -0.3 is 21.1 Å². The maximum absolute atomic E-state index is 12.5. The van der Waals surface area contributed by atoms with E-state index >= 15 is 0 Å². The van der Waals surface area contributed by atoms with Crippen LogP contribution in [0.5, 0.6) is 0 Å². The summed E-state index contributed by atoms with van der Waals surface area (Å²) in [5.41, 5.74) is 9.14. The maximum atomic E-state index is 12.5. The van der Waals surface area contributed by atoms with Crippen molar-refractivity contribution in [3.05, 3.63) is 70.8 Å². The van der Waals surface area contributed by atoms with Gasteiger partial charge in [-0.1, -0.05) is 50.2 Å². The summed E-state index contributed by atoms with van der Waals surface area (Å²) in [6.45, 7) is 4.49. The lowest BCUT2D eigenvalue weighted by molar-refractivity contribution is 0.0908. The standard InChI is InChI=1S/C22H27N3O3/c1-14(2)11-18(13-26)24-21(27)16-9-7-15(8-10-16)20-19-6-4-3-5-17(19)12-25(20)22(23)28/h3-10,14,18,20,26H,11-13H2,1-2H3,(H2,23,28)(H,24,27)/t18-,20?/m0/s1. The third kappa shape index (κ3) is 4.17.